The number of nitrogens with one attached hydrogen (secondary N) is 1. The van der Waals surface area contributed by atoms with Gasteiger partial charge in [-0.15, -0.1) is 0 Å². The van der Waals surface area contributed by atoms with Crippen molar-refractivity contribution < 1.29 is 4.74 Å². The minimum atomic E-state index is 0.339. The maximum atomic E-state index is 5.39. The predicted molar refractivity (Wildman–Crippen MR) is 70.2 cm³/mol. The molecule has 1 aliphatic rings. The van der Waals surface area contributed by atoms with Crippen LogP contribution in [0.1, 0.15) is 31.4 Å². The highest BCUT2D eigenvalue weighted by atomic mass is 16.5. The van der Waals surface area contributed by atoms with E-state index in [1.807, 2.05) is 19.2 Å². The lowest BCUT2D eigenvalue weighted by Gasteiger charge is -2.28. The molecule has 94 valence electrons. The molecule has 3 nitrogen and oxygen atoms in total. The molecule has 1 aromatic rings. The molecular weight excluding hydrogens is 212 g/mol. The Labute approximate surface area is 104 Å². The van der Waals surface area contributed by atoms with E-state index in [4.69, 9.17) is 4.74 Å². The first-order chi connectivity index (χ1) is 8.24. The molecule has 3 heteroatoms. The standard InChI is InChI=1S/C14H22N2O/c1-12-9-13(5-8-15-12)16-10-14(11-17-2)6-3-4-7-14/h5,8-9H,3-4,6-7,10-11H2,1-2H3,(H,15,16). The molecule has 17 heavy (non-hydrogen) atoms. The number of rotatable bonds is 5. The molecule has 0 atom stereocenters. The number of aryl methyl sites for hydroxylation is 1. The summed E-state index contributed by atoms with van der Waals surface area (Å²) in [7, 11) is 1.80. The summed E-state index contributed by atoms with van der Waals surface area (Å²) in [6.45, 7) is 3.89. The zero-order chi connectivity index (χ0) is 12.1. The van der Waals surface area contributed by atoms with Gasteiger partial charge in [0, 0.05) is 36.6 Å². The Morgan fingerprint density at radius 3 is 2.82 bits per heavy atom. The molecule has 1 N–H and O–H groups in total. The molecule has 1 aliphatic carbocycles. The van der Waals surface area contributed by atoms with Crippen LogP contribution in [0.15, 0.2) is 18.3 Å². The van der Waals surface area contributed by atoms with Gasteiger partial charge in [-0.3, -0.25) is 4.98 Å². The van der Waals surface area contributed by atoms with Gasteiger partial charge >= 0.3 is 0 Å². The van der Waals surface area contributed by atoms with Crippen LogP contribution in [-0.4, -0.2) is 25.2 Å². The number of nitrogens with zero attached hydrogens (tertiary/aromatic N) is 1. The van der Waals surface area contributed by atoms with Crippen molar-refractivity contribution in [2.24, 2.45) is 5.41 Å². The van der Waals surface area contributed by atoms with Crippen molar-refractivity contribution in [2.75, 3.05) is 25.6 Å². The second-order valence-electron chi connectivity index (χ2n) is 5.18. The third-order valence-corrected chi connectivity index (χ3v) is 3.68. The molecule has 0 spiro atoms. The Balaban J connectivity index is 1.95. The third kappa shape index (κ3) is 3.19. The molecule has 0 radical (unpaired) electrons. The number of aromatic nitrogens is 1. The molecule has 1 saturated carbocycles. The molecule has 1 heterocycles. The maximum absolute atomic E-state index is 5.39. The lowest BCUT2D eigenvalue weighted by molar-refractivity contribution is 0.0923. The third-order valence-electron chi connectivity index (χ3n) is 3.68. The van der Waals surface area contributed by atoms with Gasteiger partial charge in [-0.2, -0.15) is 0 Å². The number of pyridine rings is 1. The summed E-state index contributed by atoms with van der Waals surface area (Å²) in [6, 6.07) is 4.12. The Hall–Kier alpha value is -1.09. The van der Waals surface area contributed by atoms with Gasteiger partial charge in [-0.05, 0) is 31.9 Å². The quantitative estimate of drug-likeness (QED) is 0.850. The highest BCUT2D eigenvalue weighted by molar-refractivity contribution is 5.43. The van der Waals surface area contributed by atoms with Gasteiger partial charge in [-0.25, -0.2) is 0 Å². The number of methoxy groups -OCH3 is 1. The smallest absolute Gasteiger partial charge is 0.0535 e. The van der Waals surface area contributed by atoms with E-state index in [0.717, 1.165) is 18.8 Å². The van der Waals surface area contributed by atoms with E-state index < -0.39 is 0 Å². The minimum Gasteiger partial charge on any atom is -0.384 e. The summed E-state index contributed by atoms with van der Waals surface area (Å²) >= 11 is 0. The zero-order valence-corrected chi connectivity index (χ0v) is 10.8. The molecule has 0 unspecified atom stereocenters. The molecule has 1 fully saturated rings. The van der Waals surface area contributed by atoms with E-state index >= 15 is 0 Å². The Bertz CT molecular complexity index is 359. The van der Waals surface area contributed by atoms with Crippen LogP contribution in [0, 0.1) is 12.3 Å². The van der Waals surface area contributed by atoms with Crippen molar-refractivity contribution in [1.82, 2.24) is 4.98 Å². The first-order valence-electron chi connectivity index (χ1n) is 6.40. The first kappa shape index (κ1) is 12.4. The minimum absolute atomic E-state index is 0.339. The second kappa shape index (κ2) is 5.50. The highest BCUT2D eigenvalue weighted by Crippen LogP contribution is 2.38. The fourth-order valence-corrected chi connectivity index (χ4v) is 2.75. The van der Waals surface area contributed by atoms with Crippen LogP contribution in [0.25, 0.3) is 0 Å². The number of hydrogen-bond acceptors (Lipinski definition) is 3. The van der Waals surface area contributed by atoms with E-state index in [-0.39, 0.29) is 0 Å². The number of hydrogen-bond donors (Lipinski definition) is 1. The van der Waals surface area contributed by atoms with E-state index in [1.165, 1.54) is 31.4 Å². The largest absolute Gasteiger partial charge is 0.384 e. The maximum Gasteiger partial charge on any atom is 0.0535 e. The second-order valence-corrected chi connectivity index (χ2v) is 5.18. The zero-order valence-electron chi connectivity index (χ0n) is 10.8. The molecular formula is C14H22N2O. The number of ether oxygens (including phenoxy) is 1. The Kier molecular flexibility index (Phi) is 4.00. The summed E-state index contributed by atoms with van der Waals surface area (Å²) in [4.78, 5) is 4.21. The predicted octanol–water partition coefficient (Wildman–Crippen LogP) is 3.01. The molecule has 0 bridgehead atoms. The Morgan fingerprint density at radius 2 is 2.18 bits per heavy atom. The van der Waals surface area contributed by atoms with Crippen LogP contribution >= 0.6 is 0 Å². The molecule has 2 rings (SSSR count). The van der Waals surface area contributed by atoms with Crippen molar-refractivity contribution in [2.45, 2.75) is 32.6 Å². The van der Waals surface area contributed by atoms with Crippen LogP contribution in [0.3, 0.4) is 0 Å². The lowest BCUT2D eigenvalue weighted by Crippen LogP contribution is -2.31. The summed E-state index contributed by atoms with van der Waals surface area (Å²) in [5, 5.41) is 3.53. The van der Waals surface area contributed by atoms with Gasteiger partial charge < -0.3 is 10.1 Å². The van der Waals surface area contributed by atoms with Gasteiger partial charge in [-0.1, -0.05) is 12.8 Å². The summed E-state index contributed by atoms with van der Waals surface area (Å²) in [6.07, 6.45) is 7.08. The SMILES string of the molecule is COCC1(CNc2ccnc(C)c2)CCCC1. The van der Waals surface area contributed by atoms with E-state index in [9.17, 15) is 0 Å². The fraction of sp³-hybridized carbons (Fsp3) is 0.643. The normalized spacial score (nSPS) is 18.2. The molecule has 0 amide bonds. The van der Waals surface area contributed by atoms with Crippen LogP contribution < -0.4 is 5.32 Å². The van der Waals surface area contributed by atoms with Crippen LogP contribution in [0.4, 0.5) is 5.69 Å². The highest BCUT2D eigenvalue weighted by Gasteiger charge is 2.33. The summed E-state index contributed by atoms with van der Waals surface area (Å²) in [5.41, 5.74) is 2.56. The van der Waals surface area contributed by atoms with E-state index in [0.29, 0.717) is 5.41 Å². The van der Waals surface area contributed by atoms with Gasteiger partial charge in [0.05, 0.1) is 6.61 Å². The van der Waals surface area contributed by atoms with Crippen molar-refractivity contribution in [3.05, 3.63) is 24.0 Å². The van der Waals surface area contributed by atoms with E-state index in [2.05, 4.69) is 16.4 Å². The molecule has 0 aromatic carbocycles. The van der Waals surface area contributed by atoms with Crippen LogP contribution in [-0.2, 0) is 4.74 Å². The monoisotopic (exact) mass is 234 g/mol. The molecule has 0 aliphatic heterocycles. The van der Waals surface area contributed by atoms with Crippen molar-refractivity contribution >= 4 is 5.69 Å². The first-order valence-corrected chi connectivity index (χ1v) is 6.40. The fourth-order valence-electron chi connectivity index (χ4n) is 2.75. The van der Waals surface area contributed by atoms with Gasteiger partial charge in [0.2, 0.25) is 0 Å². The molecule has 1 aromatic heterocycles. The lowest BCUT2D eigenvalue weighted by atomic mass is 9.87. The summed E-state index contributed by atoms with van der Waals surface area (Å²) in [5.74, 6) is 0. The van der Waals surface area contributed by atoms with Crippen molar-refractivity contribution in [3.8, 4) is 0 Å². The van der Waals surface area contributed by atoms with Crippen LogP contribution in [0.2, 0.25) is 0 Å². The topological polar surface area (TPSA) is 34.1 Å². The van der Waals surface area contributed by atoms with Gasteiger partial charge in [0.25, 0.3) is 0 Å². The van der Waals surface area contributed by atoms with Gasteiger partial charge in [0.15, 0.2) is 0 Å². The average molecular weight is 234 g/mol. The van der Waals surface area contributed by atoms with Gasteiger partial charge in [0.1, 0.15) is 0 Å². The van der Waals surface area contributed by atoms with E-state index in [1.54, 1.807) is 7.11 Å². The van der Waals surface area contributed by atoms with Crippen molar-refractivity contribution in [3.63, 3.8) is 0 Å². The summed E-state index contributed by atoms with van der Waals surface area (Å²) < 4.78 is 5.39. The Morgan fingerprint density at radius 1 is 1.41 bits per heavy atom. The van der Waals surface area contributed by atoms with Crippen LogP contribution in [0.5, 0.6) is 0 Å². The average Bonchev–Trinajstić information content (AvgIpc) is 2.76. The molecule has 0 saturated heterocycles. The number of anilines is 1. The van der Waals surface area contributed by atoms with Crippen molar-refractivity contribution in [1.29, 1.82) is 0 Å².